The summed E-state index contributed by atoms with van der Waals surface area (Å²) in [7, 11) is 0. The molecule has 1 heterocycles. The van der Waals surface area contributed by atoms with E-state index in [0.29, 0.717) is 12.6 Å². The minimum atomic E-state index is -0.0973. The summed E-state index contributed by atoms with van der Waals surface area (Å²) in [6.07, 6.45) is 2.23. The Balaban J connectivity index is 1.50. The lowest BCUT2D eigenvalue weighted by Gasteiger charge is -2.38. The Labute approximate surface area is 162 Å². The van der Waals surface area contributed by atoms with E-state index in [-0.39, 0.29) is 23.9 Å². The summed E-state index contributed by atoms with van der Waals surface area (Å²) in [5.41, 5.74) is 0.946. The smallest absolute Gasteiger partial charge is 0.241 e. The van der Waals surface area contributed by atoms with E-state index in [4.69, 9.17) is 0 Å². The number of nitrogens with zero attached hydrogens (tertiary/aromatic N) is 3. The van der Waals surface area contributed by atoms with Gasteiger partial charge in [-0.3, -0.25) is 19.4 Å². The second-order valence-corrected chi connectivity index (χ2v) is 7.96. The van der Waals surface area contributed by atoms with Crippen molar-refractivity contribution >= 4 is 17.5 Å². The van der Waals surface area contributed by atoms with Crippen molar-refractivity contribution in [3.8, 4) is 0 Å². The Hall–Kier alpha value is -1.92. The van der Waals surface area contributed by atoms with Gasteiger partial charge in [0.2, 0.25) is 11.8 Å². The number of hydrogen-bond acceptors (Lipinski definition) is 4. The summed E-state index contributed by atoms with van der Waals surface area (Å²) < 4.78 is 0. The zero-order valence-corrected chi connectivity index (χ0v) is 16.7. The predicted molar refractivity (Wildman–Crippen MR) is 108 cm³/mol. The normalized spacial score (nSPS) is 19.7. The fourth-order valence-corrected chi connectivity index (χ4v) is 3.61. The summed E-state index contributed by atoms with van der Waals surface area (Å²) in [5.74, 6) is 0.265. The average Bonchev–Trinajstić information content (AvgIpc) is 3.46. The van der Waals surface area contributed by atoms with Crippen molar-refractivity contribution in [3.05, 3.63) is 30.3 Å². The molecule has 2 aliphatic rings. The van der Waals surface area contributed by atoms with Crippen LogP contribution in [0.25, 0.3) is 0 Å². The molecule has 1 aromatic carbocycles. The average molecular weight is 373 g/mol. The molecule has 0 bridgehead atoms. The molecule has 1 aliphatic carbocycles. The van der Waals surface area contributed by atoms with E-state index in [1.807, 2.05) is 56.0 Å². The molecule has 2 fully saturated rings. The third-order valence-electron chi connectivity index (χ3n) is 5.44. The molecule has 1 saturated carbocycles. The summed E-state index contributed by atoms with van der Waals surface area (Å²) in [6, 6.07) is 10.3. The highest BCUT2D eigenvalue weighted by atomic mass is 16.2. The van der Waals surface area contributed by atoms with Crippen LogP contribution < -0.4 is 10.2 Å². The number of benzene rings is 1. The van der Waals surface area contributed by atoms with E-state index in [0.717, 1.165) is 44.7 Å². The van der Waals surface area contributed by atoms with E-state index < -0.39 is 0 Å². The molecule has 1 aliphatic heterocycles. The van der Waals surface area contributed by atoms with Crippen molar-refractivity contribution < 1.29 is 9.59 Å². The largest absolute Gasteiger partial charge is 0.352 e. The molecule has 148 valence electrons. The number of nitrogens with one attached hydrogen (secondary N) is 1. The van der Waals surface area contributed by atoms with Gasteiger partial charge in [0.25, 0.3) is 0 Å². The molecule has 1 aromatic rings. The number of hydrogen-bond donors (Lipinski definition) is 1. The molecule has 0 radical (unpaired) electrons. The molecule has 1 N–H and O–H groups in total. The van der Waals surface area contributed by atoms with Gasteiger partial charge in [-0.25, -0.2) is 0 Å². The van der Waals surface area contributed by atoms with Crippen molar-refractivity contribution in [1.82, 2.24) is 15.1 Å². The van der Waals surface area contributed by atoms with Crippen molar-refractivity contribution in [3.63, 3.8) is 0 Å². The van der Waals surface area contributed by atoms with E-state index in [1.54, 1.807) is 0 Å². The summed E-state index contributed by atoms with van der Waals surface area (Å²) in [4.78, 5) is 31.4. The van der Waals surface area contributed by atoms with E-state index in [9.17, 15) is 9.59 Å². The zero-order valence-electron chi connectivity index (χ0n) is 16.7. The van der Waals surface area contributed by atoms with Crippen molar-refractivity contribution in [2.24, 2.45) is 0 Å². The quantitative estimate of drug-likeness (QED) is 0.792. The Bertz CT molecular complexity index is 637. The molecule has 2 amide bonds. The monoisotopic (exact) mass is 372 g/mol. The lowest BCUT2D eigenvalue weighted by molar-refractivity contribution is -0.127. The number of anilines is 1. The third kappa shape index (κ3) is 5.30. The molecule has 6 nitrogen and oxygen atoms in total. The van der Waals surface area contributed by atoms with Gasteiger partial charge in [-0.1, -0.05) is 18.2 Å². The highest BCUT2D eigenvalue weighted by Gasteiger charge is 2.31. The maximum atomic E-state index is 12.9. The number of piperazine rings is 1. The van der Waals surface area contributed by atoms with Gasteiger partial charge in [0, 0.05) is 44.0 Å². The van der Waals surface area contributed by atoms with Crippen LogP contribution in [-0.2, 0) is 9.59 Å². The van der Waals surface area contributed by atoms with Crippen LogP contribution in [0.1, 0.15) is 33.6 Å². The first kappa shape index (κ1) is 19.8. The van der Waals surface area contributed by atoms with Crippen molar-refractivity contribution in [1.29, 1.82) is 0 Å². The summed E-state index contributed by atoms with van der Waals surface area (Å²) in [6.45, 7) is 9.75. The van der Waals surface area contributed by atoms with Crippen LogP contribution in [0.5, 0.6) is 0 Å². The topological polar surface area (TPSA) is 55.9 Å². The second-order valence-electron chi connectivity index (χ2n) is 7.96. The maximum Gasteiger partial charge on any atom is 0.241 e. The fourth-order valence-electron chi connectivity index (χ4n) is 3.61. The molecule has 1 saturated heterocycles. The number of carbonyl (C=O) groups is 2. The predicted octanol–water partition coefficient (Wildman–Crippen LogP) is 1.71. The van der Waals surface area contributed by atoms with Gasteiger partial charge in [0.05, 0.1) is 12.6 Å². The van der Waals surface area contributed by atoms with Gasteiger partial charge in [0.15, 0.2) is 0 Å². The molecule has 6 heteroatoms. The van der Waals surface area contributed by atoms with Crippen molar-refractivity contribution in [2.45, 2.75) is 51.7 Å². The fraction of sp³-hybridized carbons (Fsp3) is 0.619. The minimum absolute atomic E-state index is 0.0973. The zero-order chi connectivity index (χ0) is 19.4. The Morgan fingerprint density at radius 1 is 1.07 bits per heavy atom. The molecule has 27 heavy (non-hydrogen) atoms. The molecule has 1 atom stereocenters. The molecular formula is C21H32N4O2. The molecule has 0 spiro atoms. The maximum absolute atomic E-state index is 12.9. The molecular weight excluding hydrogens is 340 g/mol. The van der Waals surface area contributed by atoms with Crippen LogP contribution in [0, 0.1) is 0 Å². The molecule has 0 aromatic heterocycles. The SMILES string of the molecule is CC(C(=O)NC1CC1)N1CCN(CC(=O)N(c2ccccc2)C(C)C)CC1. The highest BCUT2D eigenvalue weighted by molar-refractivity contribution is 5.95. The van der Waals surface area contributed by atoms with Crippen LogP contribution in [-0.4, -0.2) is 72.5 Å². The van der Waals surface area contributed by atoms with Crippen LogP contribution >= 0.6 is 0 Å². The first-order chi connectivity index (χ1) is 13.0. The molecule has 3 rings (SSSR count). The highest BCUT2D eigenvalue weighted by Crippen LogP contribution is 2.20. The van der Waals surface area contributed by atoms with E-state index >= 15 is 0 Å². The number of para-hydroxylation sites is 1. The minimum Gasteiger partial charge on any atom is -0.352 e. The number of rotatable bonds is 7. The first-order valence-corrected chi connectivity index (χ1v) is 10.1. The van der Waals surface area contributed by atoms with Gasteiger partial charge in [0.1, 0.15) is 0 Å². The first-order valence-electron chi connectivity index (χ1n) is 10.1. The van der Waals surface area contributed by atoms with Gasteiger partial charge in [-0.15, -0.1) is 0 Å². The Kier molecular flexibility index (Phi) is 6.50. The lowest BCUT2D eigenvalue weighted by Crippen LogP contribution is -2.55. The van der Waals surface area contributed by atoms with E-state index in [2.05, 4.69) is 15.1 Å². The summed E-state index contributed by atoms with van der Waals surface area (Å²) in [5, 5.41) is 3.08. The standard InChI is InChI=1S/C21H32N4O2/c1-16(2)25(19-7-5-4-6-8-19)20(26)15-23-11-13-24(14-12-23)17(3)21(27)22-18-9-10-18/h4-8,16-18H,9-15H2,1-3H3,(H,22,27). The molecule has 1 unspecified atom stereocenters. The van der Waals surface area contributed by atoms with Crippen molar-refractivity contribution in [2.75, 3.05) is 37.6 Å². The van der Waals surface area contributed by atoms with Gasteiger partial charge in [-0.2, -0.15) is 0 Å². The van der Waals surface area contributed by atoms with Crippen LogP contribution in [0.2, 0.25) is 0 Å². The Morgan fingerprint density at radius 3 is 2.26 bits per heavy atom. The number of amides is 2. The van der Waals surface area contributed by atoms with Gasteiger partial charge < -0.3 is 10.2 Å². The second kappa shape index (κ2) is 8.85. The summed E-state index contributed by atoms with van der Waals surface area (Å²) >= 11 is 0. The van der Waals surface area contributed by atoms with E-state index in [1.165, 1.54) is 0 Å². The number of carbonyl (C=O) groups excluding carboxylic acids is 2. The lowest BCUT2D eigenvalue weighted by atomic mass is 10.2. The third-order valence-corrected chi connectivity index (χ3v) is 5.44. The Morgan fingerprint density at radius 2 is 1.70 bits per heavy atom. The van der Waals surface area contributed by atoms with Gasteiger partial charge >= 0.3 is 0 Å². The van der Waals surface area contributed by atoms with Crippen LogP contribution in [0.15, 0.2) is 30.3 Å². The van der Waals surface area contributed by atoms with Gasteiger partial charge in [-0.05, 0) is 45.7 Å². The van der Waals surface area contributed by atoms with Crippen LogP contribution in [0.4, 0.5) is 5.69 Å². The van der Waals surface area contributed by atoms with Crippen LogP contribution in [0.3, 0.4) is 0 Å².